The number of hydrogen-bond acceptors (Lipinski definition) is 10. The molecule has 0 spiro atoms. The highest BCUT2D eigenvalue weighted by Crippen LogP contribution is 2.41. The van der Waals surface area contributed by atoms with Crippen LogP contribution in [0, 0.1) is 0 Å². The molecule has 47 heavy (non-hydrogen) atoms. The molecule has 250 valence electrons. The molecule has 4 aliphatic rings. The molecule has 1 N–H and O–H groups in total. The van der Waals surface area contributed by atoms with Crippen LogP contribution in [0.5, 0.6) is 0 Å². The number of piperidine rings is 1. The Bertz CT molecular complexity index is 1770. The van der Waals surface area contributed by atoms with Gasteiger partial charge < -0.3 is 24.8 Å². The second kappa shape index (κ2) is 13.0. The molecule has 3 atom stereocenters. The van der Waals surface area contributed by atoms with Crippen LogP contribution in [-0.2, 0) is 19.6 Å². The number of methoxy groups -OCH3 is 1. The van der Waals surface area contributed by atoms with Crippen LogP contribution in [0.15, 0.2) is 49.3 Å². The lowest BCUT2D eigenvalue weighted by Gasteiger charge is -2.47. The lowest BCUT2D eigenvalue weighted by molar-refractivity contribution is -0.126. The quantitative estimate of drug-likeness (QED) is 0.356. The van der Waals surface area contributed by atoms with E-state index >= 15 is 0 Å². The number of nitrogens with one attached hydrogen (secondary N) is 1. The highest BCUT2D eigenvalue weighted by molar-refractivity contribution is 7.89. The van der Waals surface area contributed by atoms with Gasteiger partial charge in [-0.1, -0.05) is 12.6 Å². The number of likely N-dealkylation sites (tertiary alicyclic amines) is 1. The zero-order valence-electron chi connectivity index (χ0n) is 26.6. The maximum atomic E-state index is 14.6. The van der Waals surface area contributed by atoms with Crippen molar-refractivity contribution in [1.82, 2.24) is 24.2 Å². The molecule has 0 saturated carbocycles. The number of halogens is 1. The highest BCUT2D eigenvalue weighted by atomic mass is 32.2. The first-order valence-corrected chi connectivity index (χ1v) is 18.0. The number of ether oxygens (including phenoxy) is 1. The van der Waals surface area contributed by atoms with Crippen LogP contribution in [0.25, 0.3) is 10.8 Å². The number of aromatic nitrogens is 3. The molecular formula is C33H41FN8O4S. The summed E-state index contributed by atoms with van der Waals surface area (Å²) in [6.45, 7) is 6.93. The molecule has 0 aliphatic carbocycles. The van der Waals surface area contributed by atoms with Crippen molar-refractivity contribution in [3.05, 3.63) is 54.9 Å². The van der Waals surface area contributed by atoms with E-state index in [1.807, 2.05) is 22.1 Å². The number of anilines is 4. The molecule has 1 aromatic carbocycles. The molecule has 4 fully saturated rings. The maximum Gasteiger partial charge on any atom is 0.246 e. The smallest absolute Gasteiger partial charge is 0.246 e. The molecular weight excluding hydrogens is 623 g/mol. The number of nitrogens with zero attached hydrogens (tertiary/aromatic N) is 7. The van der Waals surface area contributed by atoms with Gasteiger partial charge in [-0.2, -0.15) is 9.29 Å². The second-order valence-electron chi connectivity index (χ2n) is 12.8. The summed E-state index contributed by atoms with van der Waals surface area (Å²) < 4.78 is 47.0. The molecule has 0 unspecified atom stereocenters. The normalized spacial score (nSPS) is 25.1. The van der Waals surface area contributed by atoms with Crippen LogP contribution in [0.1, 0.15) is 43.7 Å². The zero-order valence-corrected chi connectivity index (χ0v) is 27.4. The van der Waals surface area contributed by atoms with Gasteiger partial charge in [0.05, 0.1) is 30.5 Å². The minimum absolute atomic E-state index is 0.0422. The van der Waals surface area contributed by atoms with Gasteiger partial charge in [-0.3, -0.25) is 4.79 Å². The van der Waals surface area contributed by atoms with Gasteiger partial charge in [-0.25, -0.2) is 22.8 Å². The first-order chi connectivity index (χ1) is 22.8. The Hall–Kier alpha value is -3.88. The Morgan fingerprint density at radius 2 is 1.87 bits per heavy atom. The third-order valence-electron chi connectivity index (χ3n) is 9.95. The van der Waals surface area contributed by atoms with Crippen molar-refractivity contribution in [3.8, 4) is 0 Å². The molecule has 3 aromatic rings. The Morgan fingerprint density at radius 1 is 1.02 bits per heavy atom. The van der Waals surface area contributed by atoms with Crippen molar-refractivity contribution in [1.29, 1.82) is 0 Å². The van der Waals surface area contributed by atoms with Crippen LogP contribution in [0.3, 0.4) is 0 Å². The lowest BCUT2D eigenvalue weighted by atomic mass is 9.95. The van der Waals surface area contributed by atoms with E-state index in [-0.39, 0.29) is 30.3 Å². The number of benzene rings is 1. The summed E-state index contributed by atoms with van der Waals surface area (Å²) >= 11 is 0. The molecule has 2 aromatic heterocycles. The summed E-state index contributed by atoms with van der Waals surface area (Å²) in [6.07, 6.45) is 7.19. The molecule has 0 bridgehead atoms. The molecule has 12 nitrogen and oxygen atoms in total. The summed E-state index contributed by atoms with van der Waals surface area (Å²) in [7, 11) is -1.68. The maximum absolute atomic E-state index is 14.6. The molecule has 4 saturated heterocycles. The molecule has 7 rings (SSSR count). The molecule has 14 heteroatoms. The van der Waals surface area contributed by atoms with Crippen LogP contribution >= 0.6 is 0 Å². The van der Waals surface area contributed by atoms with Gasteiger partial charge in [0, 0.05) is 63.3 Å². The van der Waals surface area contributed by atoms with E-state index in [0.717, 1.165) is 47.7 Å². The third-order valence-corrected chi connectivity index (χ3v) is 11.9. The number of amides is 1. The van der Waals surface area contributed by atoms with Gasteiger partial charge in [0.25, 0.3) is 0 Å². The fourth-order valence-corrected chi connectivity index (χ4v) is 9.24. The van der Waals surface area contributed by atoms with E-state index in [9.17, 15) is 17.6 Å². The Labute approximate surface area is 274 Å². The fraction of sp³-hybridized carbons (Fsp3) is 0.515. The minimum Gasteiger partial charge on any atom is -0.378 e. The SMILES string of the molecule is C=CC(=O)N1CCC[C@@H]1c1ccc(N2CC(N3CCCCS3(=O)=O)C2)c2cnc(Nc3ccnc(N4CC[C@@H](OC)[C@@H](F)C4)n3)cc12. The Morgan fingerprint density at radius 3 is 2.64 bits per heavy atom. The van der Waals surface area contributed by atoms with Crippen molar-refractivity contribution < 1.29 is 22.3 Å². The van der Waals surface area contributed by atoms with Crippen LogP contribution in [-0.4, -0.2) is 109 Å². The monoisotopic (exact) mass is 664 g/mol. The minimum atomic E-state index is -3.22. The highest BCUT2D eigenvalue weighted by Gasteiger charge is 2.40. The van der Waals surface area contributed by atoms with Gasteiger partial charge in [0.15, 0.2) is 0 Å². The van der Waals surface area contributed by atoms with Crippen molar-refractivity contribution in [2.45, 2.75) is 56.5 Å². The molecule has 0 radical (unpaired) electrons. The summed E-state index contributed by atoms with van der Waals surface area (Å²) in [5, 5.41) is 5.21. The van der Waals surface area contributed by atoms with Gasteiger partial charge >= 0.3 is 0 Å². The number of hydrogen-bond donors (Lipinski definition) is 1. The Kier molecular flexibility index (Phi) is 8.75. The number of sulfonamides is 1. The molecule has 4 aliphatic heterocycles. The summed E-state index contributed by atoms with van der Waals surface area (Å²) in [4.78, 5) is 32.5. The predicted molar refractivity (Wildman–Crippen MR) is 179 cm³/mol. The van der Waals surface area contributed by atoms with Crippen LogP contribution in [0.2, 0.25) is 0 Å². The van der Waals surface area contributed by atoms with Gasteiger partial charge in [0.1, 0.15) is 17.8 Å². The first-order valence-electron chi connectivity index (χ1n) is 16.4. The predicted octanol–water partition coefficient (Wildman–Crippen LogP) is 3.80. The van der Waals surface area contributed by atoms with E-state index in [4.69, 9.17) is 9.72 Å². The summed E-state index contributed by atoms with van der Waals surface area (Å²) in [5.74, 6) is 1.66. The fourth-order valence-electron chi connectivity index (χ4n) is 7.44. The lowest BCUT2D eigenvalue weighted by Crippen LogP contribution is -2.62. The summed E-state index contributed by atoms with van der Waals surface area (Å²) in [5.41, 5.74) is 2.01. The molecule has 1 amide bonds. The first kappa shape index (κ1) is 31.7. The van der Waals surface area contributed by atoms with E-state index in [2.05, 4.69) is 38.9 Å². The van der Waals surface area contributed by atoms with Crippen molar-refractivity contribution in [2.75, 3.05) is 67.2 Å². The topological polar surface area (TPSA) is 124 Å². The summed E-state index contributed by atoms with van der Waals surface area (Å²) in [6, 6.07) is 7.75. The average Bonchev–Trinajstić information content (AvgIpc) is 3.54. The van der Waals surface area contributed by atoms with Crippen molar-refractivity contribution >= 4 is 50.0 Å². The van der Waals surface area contributed by atoms with E-state index in [1.165, 1.54) is 13.2 Å². The Balaban J connectivity index is 1.19. The van der Waals surface area contributed by atoms with Gasteiger partial charge in [-0.05, 0) is 67.3 Å². The van der Waals surface area contributed by atoms with Crippen molar-refractivity contribution in [2.24, 2.45) is 0 Å². The van der Waals surface area contributed by atoms with Crippen molar-refractivity contribution in [3.63, 3.8) is 0 Å². The third kappa shape index (κ3) is 6.14. The second-order valence-corrected chi connectivity index (χ2v) is 14.8. The standard InChI is InChI=1S/C33H41FN8O4S/c1-3-32(43)41-13-6-7-28(41)23-8-9-27(40-19-22(20-40)42-14-4-5-16-47(42,44)45)25-18-36-31(17-24(23)25)37-30-10-12-35-33(38-30)39-15-11-29(46-2)26(34)21-39/h3,8-10,12,17-18,22,26,28-29H,1,4-7,11,13-16,19-21H2,2H3,(H,35,36,37,38)/t26-,28+,29+/m0/s1. The van der Waals surface area contributed by atoms with E-state index in [0.29, 0.717) is 56.7 Å². The zero-order chi connectivity index (χ0) is 32.7. The number of alkyl halides is 1. The van der Waals surface area contributed by atoms with E-state index < -0.39 is 22.3 Å². The van der Waals surface area contributed by atoms with E-state index in [1.54, 1.807) is 16.6 Å². The number of rotatable bonds is 8. The number of carbonyl (C=O) groups excluding carboxylic acids is 1. The van der Waals surface area contributed by atoms with Gasteiger partial charge in [0.2, 0.25) is 21.9 Å². The van der Waals surface area contributed by atoms with Gasteiger partial charge in [-0.15, -0.1) is 0 Å². The van der Waals surface area contributed by atoms with Crippen LogP contribution < -0.4 is 15.1 Å². The average molecular weight is 665 g/mol. The largest absolute Gasteiger partial charge is 0.378 e. The number of fused-ring (bicyclic) bond motifs is 1. The van der Waals surface area contributed by atoms with Crippen LogP contribution in [0.4, 0.5) is 27.7 Å². The number of pyridine rings is 1. The molecule has 6 heterocycles. The number of carbonyl (C=O) groups is 1.